The number of hydrogen-bond acceptors (Lipinski definition) is 4. The van der Waals surface area contributed by atoms with Crippen molar-refractivity contribution in [3.8, 4) is 17.1 Å². The van der Waals surface area contributed by atoms with Crippen molar-refractivity contribution < 1.29 is 9.15 Å². The second-order valence-electron chi connectivity index (χ2n) is 4.42. The molecule has 1 N–H and O–H groups in total. The van der Waals surface area contributed by atoms with E-state index in [-0.39, 0.29) is 0 Å². The summed E-state index contributed by atoms with van der Waals surface area (Å²) in [6.45, 7) is 4.04. The number of nitrogens with zero attached hydrogens (tertiary/aromatic N) is 1. The van der Waals surface area contributed by atoms with Gasteiger partial charge in [-0.3, -0.25) is 0 Å². The van der Waals surface area contributed by atoms with E-state index in [0.717, 1.165) is 43.1 Å². The van der Waals surface area contributed by atoms with Gasteiger partial charge in [0, 0.05) is 11.4 Å². The van der Waals surface area contributed by atoms with Crippen molar-refractivity contribution in [1.82, 2.24) is 10.3 Å². The molecule has 0 saturated carbocycles. The Balaban J connectivity index is 2.10. The van der Waals surface area contributed by atoms with Gasteiger partial charge in [0.15, 0.2) is 11.7 Å². The van der Waals surface area contributed by atoms with Crippen LogP contribution in [-0.2, 0) is 6.42 Å². The van der Waals surface area contributed by atoms with Crippen LogP contribution in [0.25, 0.3) is 11.3 Å². The summed E-state index contributed by atoms with van der Waals surface area (Å²) in [6, 6.07) is 5.44. The average molecular weight is 295 g/mol. The average Bonchev–Trinajstić information content (AvgIpc) is 2.92. The number of benzene rings is 1. The lowest BCUT2D eigenvalue weighted by Crippen LogP contribution is -2.14. The number of aromatic nitrogens is 1. The van der Waals surface area contributed by atoms with Crippen LogP contribution in [0.3, 0.4) is 0 Å². The number of aryl methyl sites for hydroxylation is 1. The van der Waals surface area contributed by atoms with Crippen LogP contribution in [0.15, 0.2) is 28.8 Å². The molecule has 5 heteroatoms. The summed E-state index contributed by atoms with van der Waals surface area (Å²) in [5.74, 6) is 2.15. The van der Waals surface area contributed by atoms with E-state index in [1.165, 1.54) is 0 Å². The van der Waals surface area contributed by atoms with Gasteiger partial charge in [0.25, 0.3) is 0 Å². The van der Waals surface area contributed by atoms with Gasteiger partial charge in [-0.1, -0.05) is 18.5 Å². The third-order valence-electron chi connectivity index (χ3n) is 2.97. The number of rotatable bonds is 7. The summed E-state index contributed by atoms with van der Waals surface area (Å²) in [7, 11) is 1.63. The van der Waals surface area contributed by atoms with Crippen molar-refractivity contribution in [3.63, 3.8) is 0 Å². The second-order valence-corrected chi connectivity index (χ2v) is 4.86. The normalized spacial score (nSPS) is 10.8. The molecule has 20 heavy (non-hydrogen) atoms. The van der Waals surface area contributed by atoms with E-state index in [0.29, 0.717) is 10.8 Å². The fourth-order valence-electron chi connectivity index (χ4n) is 1.96. The molecule has 4 nitrogen and oxygen atoms in total. The fraction of sp³-hybridized carbons (Fsp3) is 0.400. The zero-order chi connectivity index (χ0) is 14.4. The van der Waals surface area contributed by atoms with Gasteiger partial charge >= 0.3 is 0 Å². The Hall–Kier alpha value is -1.52. The first-order chi connectivity index (χ1) is 9.74. The van der Waals surface area contributed by atoms with E-state index in [1.807, 2.05) is 12.1 Å². The Morgan fingerprint density at radius 1 is 1.40 bits per heavy atom. The molecule has 0 aliphatic rings. The minimum atomic E-state index is 0.644. The molecule has 108 valence electrons. The fourth-order valence-corrected chi connectivity index (χ4v) is 2.14. The van der Waals surface area contributed by atoms with Crippen LogP contribution < -0.4 is 10.1 Å². The number of nitrogens with one attached hydrogen (secondary N) is 1. The van der Waals surface area contributed by atoms with E-state index in [4.69, 9.17) is 20.8 Å². The number of ether oxygens (including phenoxy) is 1. The van der Waals surface area contributed by atoms with Crippen molar-refractivity contribution in [2.75, 3.05) is 20.2 Å². The maximum absolute atomic E-state index is 6.02. The highest BCUT2D eigenvalue weighted by molar-refractivity contribution is 6.30. The standard InChI is InChI=1S/C15H19ClN2O2/c1-3-17-8-4-5-15-18-10-14(20-15)12-9-11(16)6-7-13(12)19-2/h6-7,9-10,17H,3-5,8H2,1-2H3. The molecule has 0 spiro atoms. The highest BCUT2D eigenvalue weighted by atomic mass is 35.5. The minimum Gasteiger partial charge on any atom is -0.496 e. The number of hydrogen-bond donors (Lipinski definition) is 1. The summed E-state index contributed by atoms with van der Waals surface area (Å²) < 4.78 is 11.1. The Labute approximate surface area is 124 Å². The minimum absolute atomic E-state index is 0.644. The topological polar surface area (TPSA) is 47.3 Å². The van der Waals surface area contributed by atoms with Crippen LogP contribution >= 0.6 is 11.6 Å². The van der Waals surface area contributed by atoms with Gasteiger partial charge in [0.2, 0.25) is 0 Å². The zero-order valence-electron chi connectivity index (χ0n) is 11.8. The molecule has 1 aromatic carbocycles. The van der Waals surface area contributed by atoms with E-state index in [9.17, 15) is 0 Å². The molecule has 2 aromatic rings. The summed E-state index contributed by atoms with van der Waals surface area (Å²) in [4.78, 5) is 4.30. The summed E-state index contributed by atoms with van der Waals surface area (Å²) in [6.07, 6.45) is 3.53. The van der Waals surface area contributed by atoms with Crippen LogP contribution in [0.2, 0.25) is 5.02 Å². The van der Waals surface area contributed by atoms with Crippen molar-refractivity contribution in [1.29, 1.82) is 0 Å². The predicted molar refractivity (Wildman–Crippen MR) is 80.4 cm³/mol. The molecule has 2 rings (SSSR count). The third-order valence-corrected chi connectivity index (χ3v) is 3.21. The summed E-state index contributed by atoms with van der Waals surface area (Å²) in [5, 5.41) is 3.92. The lowest BCUT2D eigenvalue weighted by Gasteiger charge is -2.05. The molecule has 0 bridgehead atoms. The molecule has 0 aliphatic heterocycles. The highest BCUT2D eigenvalue weighted by Crippen LogP contribution is 2.32. The van der Waals surface area contributed by atoms with Gasteiger partial charge in [-0.25, -0.2) is 4.98 Å². The zero-order valence-corrected chi connectivity index (χ0v) is 12.5. The predicted octanol–water partition coefficient (Wildman–Crippen LogP) is 3.55. The quantitative estimate of drug-likeness (QED) is 0.793. The van der Waals surface area contributed by atoms with E-state index >= 15 is 0 Å². The number of methoxy groups -OCH3 is 1. The molecule has 0 fully saturated rings. The largest absolute Gasteiger partial charge is 0.496 e. The van der Waals surface area contributed by atoms with E-state index in [2.05, 4.69) is 17.2 Å². The molecule has 0 unspecified atom stereocenters. The smallest absolute Gasteiger partial charge is 0.194 e. The molecular formula is C15H19ClN2O2. The van der Waals surface area contributed by atoms with Gasteiger partial charge in [-0.05, 0) is 37.7 Å². The Morgan fingerprint density at radius 3 is 3.00 bits per heavy atom. The van der Waals surface area contributed by atoms with Gasteiger partial charge in [-0.15, -0.1) is 0 Å². The molecule has 1 heterocycles. The molecule has 0 amide bonds. The van der Waals surface area contributed by atoms with Gasteiger partial charge in [0.05, 0.1) is 18.9 Å². The summed E-state index contributed by atoms with van der Waals surface area (Å²) in [5.41, 5.74) is 0.824. The third kappa shape index (κ3) is 3.74. The number of oxazole rings is 1. The van der Waals surface area contributed by atoms with Crippen molar-refractivity contribution in [2.45, 2.75) is 19.8 Å². The molecule has 1 aromatic heterocycles. The van der Waals surface area contributed by atoms with Crippen molar-refractivity contribution >= 4 is 11.6 Å². The van der Waals surface area contributed by atoms with Crippen molar-refractivity contribution in [3.05, 3.63) is 35.3 Å². The Morgan fingerprint density at radius 2 is 2.25 bits per heavy atom. The summed E-state index contributed by atoms with van der Waals surface area (Å²) >= 11 is 6.02. The van der Waals surface area contributed by atoms with Crippen LogP contribution in [-0.4, -0.2) is 25.2 Å². The van der Waals surface area contributed by atoms with Crippen molar-refractivity contribution in [2.24, 2.45) is 0 Å². The lowest BCUT2D eigenvalue weighted by molar-refractivity contribution is 0.413. The molecular weight excluding hydrogens is 276 g/mol. The van der Waals surface area contributed by atoms with Gasteiger partial charge < -0.3 is 14.5 Å². The Bertz CT molecular complexity index is 555. The maximum Gasteiger partial charge on any atom is 0.194 e. The first-order valence-electron chi connectivity index (χ1n) is 6.74. The van der Waals surface area contributed by atoms with E-state index in [1.54, 1.807) is 19.4 Å². The first-order valence-corrected chi connectivity index (χ1v) is 7.11. The second kappa shape index (κ2) is 7.31. The first kappa shape index (κ1) is 14.9. The lowest BCUT2D eigenvalue weighted by atomic mass is 10.1. The molecule has 0 saturated heterocycles. The maximum atomic E-state index is 6.02. The Kier molecular flexibility index (Phi) is 5.44. The monoisotopic (exact) mass is 294 g/mol. The van der Waals surface area contributed by atoms with Crippen LogP contribution in [0, 0.1) is 0 Å². The number of halogens is 1. The molecule has 0 atom stereocenters. The SMILES string of the molecule is CCNCCCc1ncc(-c2cc(Cl)ccc2OC)o1. The van der Waals surface area contributed by atoms with Crippen LogP contribution in [0.5, 0.6) is 5.75 Å². The van der Waals surface area contributed by atoms with E-state index < -0.39 is 0 Å². The molecule has 0 radical (unpaired) electrons. The van der Waals surface area contributed by atoms with Crippen LogP contribution in [0.4, 0.5) is 0 Å². The van der Waals surface area contributed by atoms with Crippen LogP contribution in [0.1, 0.15) is 19.2 Å². The molecule has 0 aliphatic carbocycles. The highest BCUT2D eigenvalue weighted by Gasteiger charge is 2.12. The van der Waals surface area contributed by atoms with Gasteiger partial charge in [-0.2, -0.15) is 0 Å². The van der Waals surface area contributed by atoms with Gasteiger partial charge in [0.1, 0.15) is 5.75 Å².